The van der Waals surface area contributed by atoms with Crippen molar-refractivity contribution in [3.63, 3.8) is 0 Å². The standard InChI is InChI=1S/C22H21N3OS2/c1-15-7-9-16(10-8-15)13-27-20-11-12-23-19(21(20)26-2)14-28-22-24-17-5-3-4-6-18(17)25-22/h3-12H,13-14H2,1-2H3,(H,24,25). The van der Waals surface area contributed by atoms with Crippen LogP contribution in [-0.2, 0) is 11.5 Å². The molecule has 0 radical (unpaired) electrons. The van der Waals surface area contributed by atoms with Gasteiger partial charge in [0.15, 0.2) is 10.9 Å². The molecule has 0 aliphatic carbocycles. The van der Waals surface area contributed by atoms with Gasteiger partial charge in [-0.15, -0.1) is 11.8 Å². The van der Waals surface area contributed by atoms with Crippen LogP contribution < -0.4 is 4.74 Å². The average molecular weight is 408 g/mol. The molecule has 0 aliphatic rings. The van der Waals surface area contributed by atoms with Gasteiger partial charge in [-0.2, -0.15) is 0 Å². The Labute approximate surface area is 173 Å². The number of benzene rings is 2. The number of nitrogens with one attached hydrogen (secondary N) is 1. The Hall–Kier alpha value is -2.44. The van der Waals surface area contributed by atoms with E-state index in [-0.39, 0.29) is 0 Å². The first-order valence-electron chi connectivity index (χ1n) is 9.00. The molecule has 2 aromatic carbocycles. The summed E-state index contributed by atoms with van der Waals surface area (Å²) >= 11 is 3.41. The van der Waals surface area contributed by atoms with Gasteiger partial charge >= 0.3 is 0 Å². The van der Waals surface area contributed by atoms with Gasteiger partial charge in [0.1, 0.15) is 0 Å². The maximum Gasteiger partial charge on any atom is 0.166 e. The van der Waals surface area contributed by atoms with Crippen molar-refractivity contribution in [2.75, 3.05) is 7.11 Å². The van der Waals surface area contributed by atoms with E-state index in [0.29, 0.717) is 5.75 Å². The van der Waals surface area contributed by atoms with Crippen molar-refractivity contribution in [2.45, 2.75) is 28.5 Å². The summed E-state index contributed by atoms with van der Waals surface area (Å²) in [7, 11) is 1.71. The second-order valence-electron chi connectivity index (χ2n) is 6.41. The number of methoxy groups -OCH3 is 1. The van der Waals surface area contributed by atoms with Crippen molar-refractivity contribution in [3.05, 3.63) is 77.6 Å². The number of aryl methyl sites for hydroxylation is 1. The summed E-state index contributed by atoms with van der Waals surface area (Å²) in [6.45, 7) is 2.11. The number of H-pyrrole nitrogens is 1. The average Bonchev–Trinajstić information content (AvgIpc) is 3.15. The molecule has 2 heterocycles. The van der Waals surface area contributed by atoms with Gasteiger partial charge < -0.3 is 9.72 Å². The number of fused-ring (bicyclic) bond motifs is 1. The first-order valence-corrected chi connectivity index (χ1v) is 11.0. The molecule has 4 nitrogen and oxygen atoms in total. The molecular weight excluding hydrogens is 386 g/mol. The van der Waals surface area contributed by atoms with Gasteiger partial charge in [0, 0.05) is 17.7 Å². The van der Waals surface area contributed by atoms with Gasteiger partial charge in [0.25, 0.3) is 0 Å². The molecular formula is C22H21N3OS2. The quantitative estimate of drug-likeness (QED) is 0.389. The van der Waals surface area contributed by atoms with Crippen LogP contribution in [-0.4, -0.2) is 22.1 Å². The van der Waals surface area contributed by atoms with Crippen LogP contribution in [0.2, 0.25) is 0 Å². The smallest absolute Gasteiger partial charge is 0.166 e. The van der Waals surface area contributed by atoms with E-state index in [1.54, 1.807) is 30.6 Å². The van der Waals surface area contributed by atoms with Crippen LogP contribution in [0, 0.1) is 6.92 Å². The molecule has 1 N–H and O–H groups in total. The third-order valence-electron chi connectivity index (χ3n) is 4.37. The number of hydrogen-bond donors (Lipinski definition) is 1. The summed E-state index contributed by atoms with van der Waals surface area (Å²) in [6, 6.07) is 18.7. The van der Waals surface area contributed by atoms with Crippen LogP contribution in [0.4, 0.5) is 0 Å². The largest absolute Gasteiger partial charge is 0.494 e. The maximum absolute atomic E-state index is 5.70. The first-order chi connectivity index (χ1) is 13.7. The molecule has 142 valence electrons. The molecule has 28 heavy (non-hydrogen) atoms. The Balaban J connectivity index is 1.47. The van der Waals surface area contributed by atoms with E-state index in [9.17, 15) is 0 Å². The fraction of sp³-hybridized carbons (Fsp3) is 0.182. The fourth-order valence-electron chi connectivity index (χ4n) is 2.89. The van der Waals surface area contributed by atoms with Crippen LogP contribution in [0.25, 0.3) is 11.0 Å². The third-order valence-corrected chi connectivity index (χ3v) is 6.37. The van der Waals surface area contributed by atoms with Crippen molar-refractivity contribution in [1.29, 1.82) is 0 Å². The second kappa shape index (κ2) is 8.71. The van der Waals surface area contributed by atoms with E-state index in [2.05, 4.69) is 46.1 Å². The summed E-state index contributed by atoms with van der Waals surface area (Å²) in [6.07, 6.45) is 1.86. The fourth-order valence-corrected chi connectivity index (χ4v) is 4.71. The molecule has 0 fully saturated rings. The number of nitrogens with zero attached hydrogens (tertiary/aromatic N) is 2. The lowest BCUT2D eigenvalue weighted by Crippen LogP contribution is -1.96. The lowest BCUT2D eigenvalue weighted by Gasteiger charge is -2.12. The maximum atomic E-state index is 5.70. The number of thioether (sulfide) groups is 2. The van der Waals surface area contributed by atoms with Gasteiger partial charge in [-0.25, -0.2) is 4.98 Å². The highest BCUT2D eigenvalue weighted by molar-refractivity contribution is 7.98. The van der Waals surface area contributed by atoms with Crippen molar-refractivity contribution >= 4 is 34.6 Å². The summed E-state index contributed by atoms with van der Waals surface area (Å²) < 4.78 is 5.70. The van der Waals surface area contributed by atoms with E-state index in [4.69, 9.17) is 4.74 Å². The number of aromatic amines is 1. The zero-order valence-electron chi connectivity index (χ0n) is 15.8. The number of aromatic nitrogens is 3. The SMILES string of the molecule is COc1c(SCc2ccc(C)cc2)ccnc1CSc1nc2ccccc2[nH]1. The molecule has 0 saturated heterocycles. The summed E-state index contributed by atoms with van der Waals surface area (Å²) in [5, 5.41) is 0.891. The normalized spacial score (nSPS) is 11.1. The number of rotatable bonds is 7. The Bertz CT molecular complexity index is 1040. The third kappa shape index (κ3) is 4.34. The Kier molecular flexibility index (Phi) is 5.88. The molecule has 2 aromatic heterocycles. The Morgan fingerprint density at radius 2 is 1.79 bits per heavy atom. The van der Waals surface area contributed by atoms with Crippen LogP contribution in [0.5, 0.6) is 5.75 Å². The molecule has 0 atom stereocenters. The van der Waals surface area contributed by atoms with Crippen molar-refractivity contribution in [1.82, 2.24) is 15.0 Å². The minimum absolute atomic E-state index is 0.696. The van der Waals surface area contributed by atoms with E-state index in [1.807, 2.05) is 36.5 Å². The topological polar surface area (TPSA) is 50.8 Å². The van der Waals surface area contributed by atoms with Gasteiger partial charge in [0.05, 0.1) is 28.7 Å². The molecule has 4 rings (SSSR count). The van der Waals surface area contributed by atoms with Gasteiger partial charge in [-0.1, -0.05) is 53.7 Å². The number of pyridine rings is 1. The zero-order chi connectivity index (χ0) is 19.3. The van der Waals surface area contributed by atoms with Crippen molar-refractivity contribution in [2.24, 2.45) is 0 Å². The van der Waals surface area contributed by atoms with Crippen LogP contribution in [0.15, 0.2) is 70.8 Å². The second-order valence-corrected chi connectivity index (χ2v) is 8.39. The zero-order valence-corrected chi connectivity index (χ0v) is 17.4. The lowest BCUT2D eigenvalue weighted by atomic mass is 10.2. The predicted molar refractivity (Wildman–Crippen MR) is 117 cm³/mol. The highest BCUT2D eigenvalue weighted by Gasteiger charge is 2.13. The molecule has 0 spiro atoms. The molecule has 0 aliphatic heterocycles. The molecule has 4 aromatic rings. The minimum atomic E-state index is 0.696. The van der Waals surface area contributed by atoms with Crippen molar-refractivity contribution < 1.29 is 4.74 Å². The monoisotopic (exact) mass is 407 g/mol. The van der Waals surface area contributed by atoms with Gasteiger partial charge in [-0.3, -0.25) is 4.98 Å². The van der Waals surface area contributed by atoms with E-state index < -0.39 is 0 Å². The summed E-state index contributed by atoms with van der Waals surface area (Å²) in [4.78, 5) is 13.6. The molecule has 0 amide bonds. The minimum Gasteiger partial charge on any atom is -0.494 e. The number of imidazole rings is 1. The van der Waals surface area contributed by atoms with Crippen molar-refractivity contribution in [3.8, 4) is 5.75 Å². The Morgan fingerprint density at radius 3 is 2.57 bits per heavy atom. The molecule has 0 bridgehead atoms. The van der Waals surface area contributed by atoms with E-state index in [0.717, 1.165) is 38.3 Å². The van der Waals surface area contributed by atoms with Crippen LogP contribution >= 0.6 is 23.5 Å². The van der Waals surface area contributed by atoms with Crippen LogP contribution in [0.1, 0.15) is 16.8 Å². The van der Waals surface area contributed by atoms with E-state index in [1.165, 1.54) is 11.1 Å². The van der Waals surface area contributed by atoms with Crippen LogP contribution in [0.3, 0.4) is 0 Å². The summed E-state index contributed by atoms with van der Waals surface area (Å²) in [5.74, 6) is 2.45. The van der Waals surface area contributed by atoms with E-state index >= 15 is 0 Å². The van der Waals surface area contributed by atoms with Gasteiger partial charge in [0.2, 0.25) is 0 Å². The number of hydrogen-bond acceptors (Lipinski definition) is 5. The summed E-state index contributed by atoms with van der Waals surface area (Å²) in [5.41, 5.74) is 5.54. The molecule has 6 heteroatoms. The number of para-hydroxylation sites is 2. The predicted octanol–water partition coefficient (Wildman–Crippen LogP) is 5.86. The Morgan fingerprint density at radius 1 is 0.964 bits per heavy atom. The highest BCUT2D eigenvalue weighted by Crippen LogP contribution is 2.35. The first kappa shape index (κ1) is 18.9. The highest BCUT2D eigenvalue weighted by atomic mass is 32.2. The number of ether oxygens (including phenoxy) is 1. The molecule has 0 unspecified atom stereocenters. The molecule has 0 saturated carbocycles. The lowest BCUT2D eigenvalue weighted by molar-refractivity contribution is 0.398. The van der Waals surface area contributed by atoms with Gasteiger partial charge in [-0.05, 0) is 30.7 Å².